The third-order valence-corrected chi connectivity index (χ3v) is 3.81. The van der Waals surface area contributed by atoms with E-state index in [0.717, 1.165) is 29.2 Å². The first-order valence-electron chi connectivity index (χ1n) is 8.26. The fraction of sp³-hybridized carbons (Fsp3) is 0.444. The van der Waals surface area contributed by atoms with E-state index in [4.69, 9.17) is 4.74 Å². The maximum Gasteiger partial charge on any atom is 0.238 e. The molecule has 0 saturated heterocycles. The first kappa shape index (κ1) is 18.0. The largest absolute Gasteiger partial charge is 0.494 e. The molecule has 0 bridgehead atoms. The van der Waals surface area contributed by atoms with Gasteiger partial charge in [0.1, 0.15) is 5.75 Å². The minimum atomic E-state index is -0.0396. The number of amides is 1. The Morgan fingerprint density at radius 3 is 2.58 bits per heavy atom. The van der Waals surface area contributed by atoms with Crippen molar-refractivity contribution in [2.45, 2.75) is 33.9 Å². The molecule has 0 spiro atoms. The first-order chi connectivity index (χ1) is 11.5. The van der Waals surface area contributed by atoms with E-state index in [0.29, 0.717) is 19.7 Å². The molecule has 2 rings (SSSR count). The Kier molecular flexibility index (Phi) is 6.37. The number of aromatic nitrogens is 2. The highest BCUT2D eigenvalue weighted by Gasteiger charge is 2.11. The molecule has 6 nitrogen and oxygen atoms in total. The van der Waals surface area contributed by atoms with Crippen molar-refractivity contribution in [3.8, 4) is 5.75 Å². The Bertz CT molecular complexity index is 664. The summed E-state index contributed by atoms with van der Waals surface area (Å²) < 4.78 is 7.35. The standard InChI is InChI=1S/C18H26N4O2/c1-5-22-14(3)15(11-19-22)12-21(4)13-18(23)20-16-7-9-17(10-8-16)24-6-2/h7-11H,5-6,12-13H2,1-4H3,(H,20,23). The number of aryl methyl sites for hydroxylation is 1. The van der Waals surface area contributed by atoms with Crippen LogP contribution in [0.1, 0.15) is 25.1 Å². The molecule has 0 saturated carbocycles. The van der Waals surface area contributed by atoms with E-state index in [1.165, 1.54) is 0 Å². The van der Waals surface area contributed by atoms with Gasteiger partial charge < -0.3 is 10.1 Å². The molecule has 1 N–H and O–H groups in total. The summed E-state index contributed by atoms with van der Waals surface area (Å²) in [7, 11) is 1.93. The molecular weight excluding hydrogens is 304 g/mol. The zero-order chi connectivity index (χ0) is 17.5. The molecule has 0 atom stereocenters. The monoisotopic (exact) mass is 330 g/mol. The van der Waals surface area contributed by atoms with Gasteiger partial charge in [0.2, 0.25) is 5.91 Å². The zero-order valence-corrected chi connectivity index (χ0v) is 14.9. The van der Waals surface area contributed by atoms with E-state index >= 15 is 0 Å². The van der Waals surface area contributed by atoms with E-state index in [2.05, 4.69) is 24.3 Å². The summed E-state index contributed by atoms with van der Waals surface area (Å²) in [5.41, 5.74) is 3.07. The minimum Gasteiger partial charge on any atom is -0.494 e. The first-order valence-corrected chi connectivity index (χ1v) is 8.26. The van der Waals surface area contributed by atoms with E-state index in [1.54, 1.807) is 0 Å². The maximum absolute atomic E-state index is 12.2. The van der Waals surface area contributed by atoms with Crippen LogP contribution in [-0.4, -0.2) is 40.8 Å². The highest BCUT2D eigenvalue weighted by atomic mass is 16.5. The van der Waals surface area contributed by atoms with E-state index < -0.39 is 0 Å². The van der Waals surface area contributed by atoms with Crippen LogP contribution in [0.15, 0.2) is 30.5 Å². The number of carbonyl (C=O) groups excluding carboxylic acids is 1. The Morgan fingerprint density at radius 2 is 2.00 bits per heavy atom. The predicted octanol–water partition coefficient (Wildman–Crippen LogP) is 2.68. The van der Waals surface area contributed by atoms with Crippen molar-refractivity contribution in [2.75, 3.05) is 25.5 Å². The van der Waals surface area contributed by atoms with Gasteiger partial charge in [0.05, 0.1) is 19.3 Å². The van der Waals surface area contributed by atoms with Gasteiger partial charge >= 0.3 is 0 Å². The lowest BCUT2D eigenvalue weighted by molar-refractivity contribution is -0.117. The molecule has 1 aromatic heterocycles. The number of hydrogen-bond donors (Lipinski definition) is 1. The van der Waals surface area contributed by atoms with Crippen molar-refractivity contribution in [1.29, 1.82) is 0 Å². The Hall–Kier alpha value is -2.34. The molecule has 6 heteroatoms. The summed E-state index contributed by atoms with van der Waals surface area (Å²) in [6.45, 7) is 8.57. The molecule has 0 radical (unpaired) electrons. The quantitative estimate of drug-likeness (QED) is 0.808. The molecule has 24 heavy (non-hydrogen) atoms. The Morgan fingerprint density at radius 1 is 1.29 bits per heavy atom. The average Bonchev–Trinajstić information content (AvgIpc) is 2.89. The lowest BCUT2D eigenvalue weighted by atomic mass is 10.2. The highest BCUT2D eigenvalue weighted by molar-refractivity contribution is 5.92. The van der Waals surface area contributed by atoms with Gasteiger partial charge in [-0.3, -0.25) is 14.4 Å². The predicted molar refractivity (Wildman–Crippen MR) is 95.2 cm³/mol. The summed E-state index contributed by atoms with van der Waals surface area (Å²) >= 11 is 0. The fourth-order valence-corrected chi connectivity index (χ4v) is 2.55. The molecule has 1 heterocycles. The Labute approximate surface area is 143 Å². The topological polar surface area (TPSA) is 59.4 Å². The summed E-state index contributed by atoms with van der Waals surface area (Å²) in [6.07, 6.45) is 1.87. The van der Waals surface area contributed by atoms with Crippen molar-refractivity contribution in [1.82, 2.24) is 14.7 Å². The third kappa shape index (κ3) is 4.83. The molecule has 130 valence electrons. The summed E-state index contributed by atoms with van der Waals surface area (Å²) in [4.78, 5) is 14.1. The zero-order valence-electron chi connectivity index (χ0n) is 14.9. The third-order valence-electron chi connectivity index (χ3n) is 3.81. The lowest BCUT2D eigenvalue weighted by Crippen LogP contribution is -2.30. The van der Waals surface area contributed by atoms with Crippen LogP contribution in [0.2, 0.25) is 0 Å². The van der Waals surface area contributed by atoms with Crippen LogP contribution >= 0.6 is 0 Å². The van der Waals surface area contributed by atoms with E-state index in [9.17, 15) is 4.79 Å². The number of benzene rings is 1. The number of nitrogens with one attached hydrogen (secondary N) is 1. The maximum atomic E-state index is 12.2. The van der Waals surface area contributed by atoms with Crippen LogP contribution in [-0.2, 0) is 17.9 Å². The second kappa shape index (κ2) is 8.49. The normalized spacial score (nSPS) is 10.9. The van der Waals surface area contributed by atoms with Crippen LogP contribution in [0.5, 0.6) is 5.75 Å². The summed E-state index contributed by atoms with van der Waals surface area (Å²) in [6, 6.07) is 7.40. The van der Waals surface area contributed by atoms with Gasteiger partial charge in [-0.15, -0.1) is 0 Å². The number of carbonyl (C=O) groups is 1. The molecule has 0 aliphatic heterocycles. The van der Waals surface area contributed by atoms with Crippen LogP contribution < -0.4 is 10.1 Å². The van der Waals surface area contributed by atoms with Crippen molar-refractivity contribution in [3.63, 3.8) is 0 Å². The van der Waals surface area contributed by atoms with Crippen LogP contribution in [0.4, 0.5) is 5.69 Å². The van der Waals surface area contributed by atoms with Gasteiger partial charge in [-0.2, -0.15) is 5.10 Å². The molecule has 0 unspecified atom stereocenters. The van der Waals surface area contributed by atoms with Gasteiger partial charge in [-0.25, -0.2) is 0 Å². The van der Waals surface area contributed by atoms with Crippen molar-refractivity contribution >= 4 is 11.6 Å². The number of hydrogen-bond acceptors (Lipinski definition) is 4. The molecule has 0 aliphatic carbocycles. The number of rotatable bonds is 8. The summed E-state index contributed by atoms with van der Waals surface area (Å²) in [5.74, 6) is 0.762. The minimum absolute atomic E-state index is 0.0396. The van der Waals surface area contributed by atoms with Crippen molar-refractivity contribution in [2.24, 2.45) is 0 Å². The lowest BCUT2D eigenvalue weighted by Gasteiger charge is -2.16. The number of ether oxygens (including phenoxy) is 1. The molecule has 1 amide bonds. The van der Waals surface area contributed by atoms with Crippen molar-refractivity contribution < 1.29 is 9.53 Å². The highest BCUT2D eigenvalue weighted by Crippen LogP contribution is 2.15. The summed E-state index contributed by atoms with van der Waals surface area (Å²) in [5, 5.41) is 7.24. The van der Waals surface area contributed by atoms with Gasteiger partial charge in [-0.05, 0) is 52.1 Å². The van der Waals surface area contributed by atoms with Gasteiger partial charge in [0.25, 0.3) is 0 Å². The molecule has 0 aliphatic rings. The van der Waals surface area contributed by atoms with Crippen LogP contribution in [0, 0.1) is 6.92 Å². The molecule has 1 aromatic carbocycles. The second-order valence-electron chi connectivity index (χ2n) is 5.75. The fourth-order valence-electron chi connectivity index (χ4n) is 2.55. The van der Waals surface area contributed by atoms with Crippen molar-refractivity contribution in [3.05, 3.63) is 41.7 Å². The van der Waals surface area contributed by atoms with Crippen LogP contribution in [0.3, 0.4) is 0 Å². The van der Waals surface area contributed by atoms with Gasteiger partial charge in [0.15, 0.2) is 0 Å². The van der Waals surface area contributed by atoms with Gasteiger partial charge in [0, 0.05) is 30.0 Å². The number of anilines is 1. The van der Waals surface area contributed by atoms with Crippen LogP contribution in [0.25, 0.3) is 0 Å². The molecule has 0 fully saturated rings. The van der Waals surface area contributed by atoms with E-state index in [1.807, 2.05) is 54.0 Å². The molecule has 2 aromatic rings. The Balaban J connectivity index is 1.85. The number of likely N-dealkylation sites (N-methyl/N-ethyl adjacent to an activating group) is 1. The molecular formula is C18H26N4O2. The number of nitrogens with zero attached hydrogens (tertiary/aromatic N) is 3. The SMILES string of the molecule is CCOc1ccc(NC(=O)CN(C)Cc2cnn(CC)c2C)cc1. The smallest absolute Gasteiger partial charge is 0.238 e. The second-order valence-corrected chi connectivity index (χ2v) is 5.75. The van der Waals surface area contributed by atoms with E-state index in [-0.39, 0.29) is 5.91 Å². The van der Waals surface area contributed by atoms with Gasteiger partial charge in [-0.1, -0.05) is 0 Å². The average molecular weight is 330 g/mol.